The summed E-state index contributed by atoms with van der Waals surface area (Å²) in [4.78, 5) is 18.0. The number of benzene rings is 1. The van der Waals surface area contributed by atoms with E-state index >= 15 is 0 Å². The third kappa shape index (κ3) is 4.43. The fourth-order valence-corrected chi connectivity index (χ4v) is 3.00. The van der Waals surface area contributed by atoms with Gasteiger partial charge in [0, 0.05) is 32.7 Å². The summed E-state index contributed by atoms with van der Waals surface area (Å²) in [5.74, 6) is -0.702. The van der Waals surface area contributed by atoms with E-state index in [4.69, 9.17) is 4.74 Å². The Labute approximate surface area is 140 Å². The molecule has 0 saturated carbocycles. The Bertz CT molecular complexity index is 602. The molecule has 1 aliphatic rings. The van der Waals surface area contributed by atoms with Crippen LogP contribution >= 0.6 is 0 Å². The molecule has 2 rings (SSSR count). The summed E-state index contributed by atoms with van der Waals surface area (Å²) in [7, 11) is 3.06. The molecule has 0 radical (unpaired) electrons. The highest BCUT2D eigenvalue weighted by atomic mass is 19.1. The first kappa shape index (κ1) is 18.2. The minimum atomic E-state index is -0.580. The van der Waals surface area contributed by atoms with Gasteiger partial charge in [0.1, 0.15) is 11.6 Å². The standard InChI is InChI=1S/C17H23F2N3O2/c1-11-9-22(10-15(11)16(23)24-3)17(20-2)21-5-4-12-6-13(18)8-14(19)7-12/h6-8,11,15H,4-5,9-10H2,1-3H3,(H,20,21). The van der Waals surface area contributed by atoms with Crippen molar-refractivity contribution in [3.05, 3.63) is 35.4 Å². The minimum Gasteiger partial charge on any atom is -0.469 e. The van der Waals surface area contributed by atoms with Gasteiger partial charge in [-0.1, -0.05) is 6.92 Å². The van der Waals surface area contributed by atoms with Gasteiger partial charge in [-0.3, -0.25) is 9.79 Å². The van der Waals surface area contributed by atoms with Gasteiger partial charge in [0.15, 0.2) is 5.96 Å². The van der Waals surface area contributed by atoms with Crippen LogP contribution in [0.3, 0.4) is 0 Å². The number of carbonyl (C=O) groups excluding carboxylic acids is 1. The van der Waals surface area contributed by atoms with Gasteiger partial charge in [-0.2, -0.15) is 0 Å². The Kier molecular flexibility index (Phi) is 6.11. The molecule has 7 heteroatoms. The number of guanidine groups is 1. The predicted molar refractivity (Wildman–Crippen MR) is 87.7 cm³/mol. The van der Waals surface area contributed by atoms with Crippen molar-refractivity contribution in [2.75, 3.05) is 33.8 Å². The zero-order chi connectivity index (χ0) is 17.7. The molecule has 2 unspecified atom stereocenters. The van der Waals surface area contributed by atoms with Gasteiger partial charge in [0.2, 0.25) is 0 Å². The molecule has 24 heavy (non-hydrogen) atoms. The zero-order valence-corrected chi connectivity index (χ0v) is 14.2. The van der Waals surface area contributed by atoms with E-state index in [9.17, 15) is 13.6 Å². The third-order valence-electron chi connectivity index (χ3n) is 4.25. The van der Waals surface area contributed by atoms with Crippen molar-refractivity contribution in [2.45, 2.75) is 13.3 Å². The molecular weight excluding hydrogens is 316 g/mol. The lowest BCUT2D eigenvalue weighted by molar-refractivity contribution is -0.145. The molecule has 1 heterocycles. The fraction of sp³-hybridized carbons (Fsp3) is 0.529. The molecule has 132 valence electrons. The summed E-state index contributed by atoms with van der Waals surface area (Å²) in [6.45, 7) is 3.74. The minimum absolute atomic E-state index is 0.174. The Morgan fingerprint density at radius 1 is 1.33 bits per heavy atom. The summed E-state index contributed by atoms with van der Waals surface area (Å²) < 4.78 is 31.2. The highest BCUT2D eigenvalue weighted by Gasteiger charge is 2.36. The summed E-state index contributed by atoms with van der Waals surface area (Å²) in [5, 5.41) is 3.18. The summed E-state index contributed by atoms with van der Waals surface area (Å²) >= 11 is 0. The topological polar surface area (TPSA) is 53.9 Å². The van der Waals surface area contributed by atoms with Gasteiger partial charge in [0.25, 0.3) is 0 Å². The molecule has 0 aromatic heterocycles. The van der Waals surface area contributed by atoms with Crippen molar-refractivity contribution in [1.29, 1.82) is 0 Å². The van der Waals surface area contributed by atoms with Gasteiger partial charge in [-0.25, -0.2) is 8.78 Å². The molecule has 1 aromatic rings. The lowest BCUT2D eigenvalue weighted by atomic mass is 9.99. The number of methoxy groups -OCH3 is 1. The van der Waals surface area contributed by atoms with E-state index in [2.05, 4.69) is 10.3 Å². The lowest BCUT2D eigenvalue weighted by Crippen LogP contribution is -2.41. The highest BCUT2D eigenvalue weighted by Crippen LogP contribution is 2.24. The number of esters is 1. The number of aliphatic imine (C=N–C) groups is 1. The van der Waals surface area contributed by atoms with Crippen LogP contribution in [-0.4, -0.2) is 50.6 Å². The van der Waals surface area contributed by atoms with Crippen LogP contribution in [0.1, 0.15) is 12.5 Å². The number of rotatable bonds is 4. The van der Waals surface area contributed by atoms with Crippen molar-refractivity contribution in [3.8, 4) is 0 Å². The Hall–Kier alpha value is -2.18. The van der Waals surface area contributed by atoms with Crippen LogP contribution in [0, 0.1) is 23.5 Å². The van der Waals surface area contributed by atoms with Gasteiger partial charge >= 0.3 is 5.97 Å². The maximum atomic E-state index is 13.2. The first-order valence-corrected chi connectivity index (χ1v) is 7.93. The van der Waals surface area contributed by atoms with Crippen LogP contribution in [-0.2, 0) is 16.0 Å². The Balaban J connectivity index is 1.90. The number of halogens is 2. The highest BCUT2D eigenvalue weighted by molar-refractivity contribution is 5.82. The van der Waals surface area contributed by atoms with Crippen molar-refractivity contribution in [1.82, 2.24) is 10.2 Å². The maximum absolute atomic E-state index is 13.2. The number of nitrogens with one attached hydrogen (secondary N) is 1. The van der Waals surface area contributed by atoms with Crippen LogP contribution in [0.15, 0.2) is 23.2 Å². The van der Waals surface area contributed by atoms with Gasteiger partial charge in [-0.05, 0) is 30.0 Å². The average molecular weight is 339 g/mol. The molecule has 2 atom stereocenters. The van der Waals surface area contributed by atoms with Gasteiger partial charge < -0.3 is 15.0 Å². The lowest BCUT2D eigenvalue weighted by Gasteiger charge is -2.21. The second-order valence-corrected chi connectivity index (χ2v) is 6.01. The molecule has 0 aliphatic carbocycles. The Morgan fingerprint density at radius 2 is 2.00 bits per heavy atom. The first-order chi connectivity index (χ1) is 11.4. The molecule has 1 N–H and O–H groups in total. The summed E-state index contributed by atoms with van der Waals surface area (Å²) in [6.07, 6.45) is 0.470. The average Bonchev–Trinajstić information content (AvgIpc) is 2.91. The molecule has 0 bridgehead atoms. The van der Waals surface area contributed by atoms with E-state index in [-0.39, 0.29) is 17.8 Å². The number of likely N-dealkylation sites (tertiary alicyclic amines) is 1. The van der Waals surface area contributed by atoms with Crippen molar-refractivity contribution in [3.63, 3.8) is 0 Å². The molecule has 1 aromatic carbocycles. The second-order valence-electron chi connectivity index (χ2n) is 6.01. The number of hydrogen-bond acceptors (Lipinski definition) is 3. The van der Waals surface area contributed by atoms with Crippen LogP contribution in [0.4, 0.5) is 8.78 Å². The third-order valence-corrected chi connectivity index (χ3v) is 4.25. The van der Waals surface area contributed by atoms with Crippen LogP contribution in [0.25, 0.3) is 0 Å². The van der Waals surface area contributed by atoms with Gasteiger partial charge in [-0.15, -0.1) is 0 Å². The van der Waals surface area contributed by atoms with E-state index in [0.717, 1.165) is 6.07 Å². The van der Waals surface area contributed by atoms with Gasteiger partial charge in [0.05, 0.1) is 13.0 Å². The zero-order valence-electron chi connectivity index (χ0n) is 14.2. The summed E-state index contributed by atoms with van der Waals surface area (Å²) in [5.41, 5.74) is 0.581. The quantitative estimate of drug-likeness (QED) is 0.517. The molecular formula is C17H23F2N3O2. The smallest absolute Gasteiger partial charge is 0.310 e. The van der Waals surface area contributed by atoms with Crippen molar-refractivity contribution >= 4 is 11.9 Å². The first-order valence-electron chi connectivity index (χ1n) is 7.93. The van der Waals surface area contributed by atoms with Crippen LogP contribution in [0.5, 0.6) is 0 Å². The molecule has 1 aliphatic heterocycles. The SMILES string of the molecule is CN=C(NCCc1cc(F)cc(F)c1)N1CC(C)C(C(=O)OC)C1. The normalized spacial score (nSPS) is 21.0. The van der Waals surface area contributed by atoms with E-state index in [0.29, 0.717) is 37.6 Å². The number of carbonyl (C=O) groups is 1. The predicted octanol–water partition coefficient (Wildman–Crippen LogP) is 1.82. The Morgan fingerprint density at radius 3 is 2.58 bits per heavy atom. The van der Waals surface area contributed by atoms with Crippen LogP contribution < -0.4 is 5.32 Å². The van der Waals surface area contributed by atoms with Crippen molar-refractivity contribution in [2.24, 2.45) is 16.8 Å². The molecule has 1 fully saturated rings. The van der Waals surface area contributed by atoms with E-state index in [1.807, 2.05) is 11.8 Å². The number of hydrogen-bond donors (Lipinski definition) is 1. The van der Waals surface area contributed by atoms with E-state index in [1.165, 1.54) is 19.2 Å². The van der Waals surface area contributed by atoms with E-state index in [1.54, 1.807) is 7.05 Å². The molecule has 0 spiro atoms. The summed E-state index contributed by atoms with van der Waals surface area (Å²) in [6, 6.07) is 3.49. The van der Waals surface area contributed by atoms with E-state index < -0.39 is 11.6 Å². The number of nitrogens with zero attached hydrogens (tertiary/aromatic N) is 2. The molecule has 5 nitrogen and oxygen atoms in total. The number of ether oxygens (including phenoxy) is 1. The fourth-order valence-electron chi connectivity index (χ4n) is 3.00. The van der Waals surface area contributed by atoms with Crippen LogP contribution in [0.2, 0.25) is 0 Å². The maximum Gasteiger partial charge on any atom is 0.310 e. The van der Waals surface area contributed by atoms with Crippen molar-refractivity contribution < 1.29 is 18.3 Å². The second kappa shape index (κ2) is 8.08. The largest absolute Gasteiger partial charge is 0.469 e. The molecule has 1 saturated heterocycles. The molecule has 0 amide bonds. The monoisotopic (exact) mass is 339 g/mol.